The Morgan fingerprint density at radius 3 is 2.60 bits per heavy atom. The molecule has 3 heteroatoms. The summed E-state index contributed by atoms with van der Waals surface area (Å²) in [5, 5.41) is 9.05. The molecule has 0 aromatic rings. The molecule has 1 unspecified atom stereocenters. The van der Waals surface area contributed by atoms with E-state index in [1.807, 2.05) is 6.92 Å². The number of carbonyl (C=O) groups is 1. The largest absolute Gasteiger partial charge is 0.462 e. The monoisotopic (exact) mass is 214 g/mol. The number of unbranched alkanes of at least 4 members (excludes halogenated alkanes) is 1. The summed E-state index contributed by atoms with van der Waals surface area (Å²) < 4.78 is 5.05. The number of aliphatic hydroxyl groups excluding tert-OH is 1. The van der Waals surface area contributed by atoms with Crippen LogP contribution in [0, 0.1) is 5.92 Å². The van der Waals surface area contributed by atoms with E-state index in [1.165, 1.54) is 0 Å². The van der Waals surface area contributed by atoms with Crippen LogP contribution in [-0.4, -0.2) is 24.3 Å². The third-order valence-electron chi connectivity index (χ3n) is 2.39. The van der Waals surface area contributed by atoms with Gasteiger partial charge in [0.2, 0.25) is 0 Å². The van der Waals surface area contributed by atoms with Crippen molar-refractivity contribution in [1.29, 1.82) is 0 Å². The van der Waals surface area contributed by atoms with Crippen LogP contribution in [0.5, 0.6) is 0 Å². The van der Waals surface area contributed by atoms with Crippen molar-refractivity contribution in [3.63, 3.8) is 0 Å². The quantitative estimate of drug-likeness (QED) is 0.498. The summed E-state index contributed by atoms with van der Waals surface area (Å²) >= 11 is 0. The Labute approximate surface area is 92.1 Å². The lowest BCUT2D eigenvalue weighted by atomic mass is 10.0. The number of aliphatic hydroxyl groups is 1. The molecule has 0 radical (unpaired) electrons. The molecule has 0 aromatic carbocycles. The minimum absolute atomic E-state index is 0.0681. The van der Waals surface area contributed by atoms with E-state index in [1.54, 1.807) is 0 Å². The maximum Gasteiger partial charge on any atom is 0.333 e. The first-order valence-electron chi connectivity index (χ1n) is 5.61. The molecule has 88 valence electrons. The maximum absolute atomic E-state index is 11.3. The van der Waals surface area contributed by atoms with Crippen LogP contribution < -0.4 is 0 Å². The average molecular weight is 214 g/mol. The van der Waals surface area contributed by atoms with Crippen LogP contribution >= 0.6 is 0 Å². The van der Waals surface area contributed by atoms with Crippen molar-refractivity contribution >= 4 is 5.97 Å². The standard InChI is InChI=1S/C12H22O3/c1-4-6-7-11(8-13)9-15-12(14)10(3)5-2/h11,13H,3-9H2,1-2H3. The zero-order chi connectivity index (χ0) is 11.7. The third kappa shape index (κ3) is 6.28. The summed E-state index contributed by atoms with van der Waals surface area (Å²) in [6.07, 6.45) is 3.65. The molecule has 0 amide bonds. The van der Waals surface area contributed by atoms with Gasteiger partial charge < -0.3 is 9.84 Å². The van der Waals surface area contributed by atoms with Crippen molar-refractivity contribution in [2.75, 3.05) is 13.2 Å². The predicted molar refractivity (Wildman–Crippen MR) is 60.5 cm³/mol. The van der Waals surface area contributed by atoms with Gasteiger partial charge in [-0.3, -0.25) is 0 Å². The van der Waals surface area contributed by atoms with E-state index in [0.29, 0.717) is 18.6 Å². The van der Waals surface area contributed by atoms with Gasteiger partial charge in [-0.05, 0) is 12.8 Å². The summed E-state index contributed by atoms with van der Waals surface area (Å²) in [7, 11) is 0. The molecule has 0 saturated carbocycles. The SMILES string of the molecule is C=C(CC)C(=O)OCC(CO)CCCC. The second-order valence-corrected chi connectivity index (χ2v) is 3.75. The molecule has 0 spiro atoms. The molecular weight excluding hydrogens is 192 g/mol. The van der Waals surface area contributed by atoms with E-state index in [0.717, 1.165) is 19.3 Å². The number of ether oxygens (including phenoxy) is 1. The van der Waals surface area contributed by atoms with E-state index in [-0.39, 0.29) is 18.5 Å². The zero-order valence-corrected chi connectivity index (χ0v) is 9.79. The normalized spacial score (nSPS) is 12.2. The fourth-order valence-corrected chi connectivity index (χ4v) is 1.16. The van der Waals surface area contributed by atoms with Gasteiger partial charge in [0, 0.05) is 18.1 Å². The Morgan fingerprint density at radius 1 is 1.47 bits per heavy atom. The third-order valence-corrected chi connectivity index (χ3v) is 2.39. The maximum atomic E-state index is 11.3. The van der Waals surface area contributed by atoms with Gasteiger partial charge in [0.1, 0.15) is 0 Å². The summed E-state index contributed by atoms with van der Waals surface area (Å²) in [5.41, 5.74) is 0.488. The lowest BCUT2D eigenvalue weighted by molar-refractivity contribution is -0.140. The second kappa shape index (κ2) is 8.48. The van der Waals surface area contributed by atoms with E-state index >= 15 is 0 Å². The molecule has 0 aliphatic heterocycles. The van der Waals surface area contributed by atoms with Crippen LogP contribution in [0.2, 0.25) is 0 Å². The van der Waals surface area contributed by atoms with Crippen LogP contribution in [0.25, 0.3) is 0 Å². The molecule has 0 heterocycles. The van der Waals surface area contributed by atoms with Crippen LogP contribution in [0.1, 0.15) is 39.5 Å². The average Bonchev–Trinajstić information content (AvgIpc) is 2.27. The van der Waals surface area contributed by atoms with E-state index in [4.69, 9.17) is 9.84 Å². The lowest BCUT2D eigenvalue weighted by Crippen LogP contribution is -2.18. The Morgan fingerprint density at radius 2 is 2.13 bits per heavy atom. The van der Waals surface area contributed by atoms with Crippen LogP contribution in [0.4, 0.5) is 0 Å². The van der Waals surface area contributed by atoms with Crippen molar-refractivity contribution in [3.05, 3.63) is 12.2 Å². The van der Waals surface area contributed by atoms with Gasteiger partial charge in [0.05, 0.1) is 6.61 Å². The predicted octanol–water partition coefficient (Wildman–Crippen LogP) is 2.29. The molecule has 1 atom stereocenters. The number of hydrogen-bond donors (Lipinski definition) is 1. The minimum atomic E-state index is -0.340. The second-order valence-electron chi connectivity index (χ2n) is 3.75. The molecule has 3 nitrogen and oxygen atoms in total. The Kier molecular flexibility index (Phi) is 8.01. The Balaban J connectivity index is 3.79. The van der Waals surface area contributed by atoms with Gasteiger partial charge in [0.25, 0.3) is 0 Å². The molecule has 0 aliphatic rings. The minimum Gasteiger partial charge on any atom is -0.462 e. The first-order valence-corrected chi connectivity index (χ1v) is 5.61. The smallest absolute Gasteiger partial charge is 0.333 e. The fraction of sp³-hybridized carbons (Fsp3) is 0.750. The van der Waals surface area contributed by atoms with Gasteiger partial charge >= 0.3 is 5.97 Å². The van der Waals surface area contributed by atoms with Crippen LogP contribution in [-0.2, 0) is 9.53 Å². The highest BCUT2D eigenvalue weighted by Crippen LogP contribution is 2.09. The molecule has 0 fully saturated rings. The highest BCUT2D eigenvalue weighted by Gasteiger charge is 2.11. The van der Waals surface area contributed by atoms with Crippen molar-refractivity contribution in [1.82, 2.24) is 0 Å². The van der Waals surface area contributed by atoms with Gasteiger partial charge in [-0.1, -0.05) is 33.3 Å². The van der Waals surface area contributed by atoms with E-state index in [9.17, 15) is 4.79 Å². The van der Waals surface area contributed by atoms with Gasteiger partial charge in [-0.15, -0.1) is 0 Å². The fourth-order valence-electron chi connectivity index (χ4n) is 1.16. The topological polar surface area (TPSA) is 46.5 Å². The van der Waals surface area contributed by atoms with Gasteiger partial charge in [-0.25, -0.2) is 4.79 Å². The van der Waals surface area contributed by atoms with Crippen LogP contribution in [0.3, 0.4) is 0 Å². The first kappa shape index (κ1) is 14.2. The molecular formula is C12H22O3. The van der Waals surface area contributed by atoms with E-state index in [2.05, 4.69) is 13.5 Å². The molecule has 0 aromatic heterocycles. The molecule has 0 bridgehead atoms. The Bertz CT molecular complexity index is 199. The Hall–Kier alpha value is -0.830. The van der Waals surface area contributed by atoms with Crippen molar-refractivity contribution in [3.8, 4) is 0 Å². The molecule has 0 rings (SSSR count). The summed E-state index contributed by atoms with van der Waals surface area (Å²) in [4.78, 5) is 11.3. The molecule has 1 N–H and O–H groups in total. The van der Waals surface area contributed by atoms with Crippen molar-refractivity contribution in [2.24, 2.45) is 5.92 Å². The molecule has 0 saturated heterocycles. The number of hydrogen-bond acceptors (Lipinski definition) is 3. The lowest BCUT2D eigenvalue weighted by Gasteiger charge is -2.14. The van der Waals surface area contributed by atoms with Gasteiger partial charge in [0.15, 0.2) is 0 Å². The highest BCUT2D eigenvalue weighted by atomic mass is 16.5. The van der Waals surface area contributed by atoms with Crippen molar-refractivity contribution < 1.29 is 14.6 Å². The highest BCUT2D eigenvalue weighted by molar-refractivity contribution is 5.87. The zero-order valence-electron chi connectivity index (χ0n) is 9.79. The summed E-state index contributed by atoms with van der Waals surface area (Å²) in [6, 6.07) is 0. The number of rotatable bonds is 8. The van der Waals surface area contributed by atoms with Crippen LogP contribution in [0.15, 0.2) is 12.2 Å². The summed E-state index contributed by atoms with van der Waals surface area (Å²) in [5.74, 6) is -0.272. The molecule has 15 heavy (non-hydrogen) atoms. The molecule has 0 aliphatic carbocycles. The number of carbonyl (C=O) groups excluding carboxylic acids is 1. The van der Waals surface area contributed by atoms with E-state index < -0.39 is 0 Å². The first-order chi connectivity index (χ1) is 7.15. The van der Waals surface area contributed by atoms with Gasteiger partial charge in [-0.2, -0.15) is 0 Å². The van der Waals surface area contributed by atoms with Crippen molar-refractivity contribution in [2.45, 2.75) is 39.5 Å². The summed E-state index contributed by atoms with van der Waals surface area (Å²) in [6.45, 7) is 7.94. The number of esters is 1.